The predicted octanol–water partition coefficient (Wildman–Crippen LogP) is 5.15. The van der Waals surface area contributed by atoms with Crippen LogP contribution in [0.5, 0.6) is 0 Å². The van der Waals surface area contributed by atoms with Gasteiger partial charge in [-0.05, 0) is 17.7 Å². The summed E-state index contributed by atoms with van der Waals surface area (Å²) < 4.78 is 1.04. The summed E-state index contributed by atoms with van der Waals surface area (Å²) in [4.78, 5) is 14.4. The number of rotatable bonds is 3. The van der Waals surface area contributed by atoms with Crippen LogP contribution in [-0.2, 0) is 0 Å². The molecule has 1 aliphatic rings. The van der Waals surface area contributed by atoms with Crippen LogP contribution in [0.1, 0.15) is 16.7 Å². The Morgan fingerprint density at radius 1 is 0.577 bits per heavy atom. The highest BCUT2D eigenvalue weighted by Crippen LogP contribution is 2.16. The number of halogens is 1. The van der Waals surface area contributed by atoms with Crippen molar-refractivity contribution < 1.29 is 0 Å². The van der Waals surface area contributed by atoms with E-state index in [0.29, 0.717) is 18.2 Å². The van der Waals surface area contributed by atoms with Crippen molar-refractivity contribution in [1.82, 2.24) is 0 Å². The van der Waals surface area contributed by atoms with Gasteiger partial charge in [-0.15, -0.1) is 0 Å². The van der Waals surface area contributed by atoms with Gasteiger partial charge in [0.1, 0.15) is 0 Å². The van der Waals surface area contributed by atoms with Crippen LogP contribution in [0.3, 0.4) is 0 Å². The van der Waals surface area contributed by atoms with Crippen LogP contribution in [-0.4, -0.2) is 23.9 Å². The maximum absolute atomic E-state index is 4.86. The third-order valence-electron chi connectivity index (χ3n) is 4.07. The lowest BCUT2D eigenvalue weighted by Gasteiger charge is -2.04. The van der Waals surface area contributed by atoms with Crippen molar-refractivity contribution >= 4 is 33.3 Å². The van der Waals surface area contributed by atoms with E-state index in [1.165, 1.54) is 0 Å². The van der Waals surface area contributed by atoms with Crippen LogP contribution in [0, 0.1) is 0 Å². The average Bonchev–Trinajstić information content (AvgIpc) is 2.93. The standard InChI is InChI=1S/C22H16BrN3/c23-19-13-11-16(12-14-19)20-15-24-21(17-7-3-1-4-8-17)26-22(25-20)18-9-5-2-6-10-18/h1-14H,15H2. The summed E-state index contributed by atoms with van der Waals surface area (Å²) in [7, 11) is 0. The third-order valence-corrected chi connectivity index (χ3v) is 4.60. The summed E-state index contributed by atoms with van der Waals surface area (Å²) in [6.45, 7) is 0.492. The van der Waals surface area contributed by atoms with Gasteiger partial charge in [0.05, 0.1) is 12.3 Å². The van der Waals surface area contributed by atoms with Gasteiger partial charge in [-0.2, -0.15) is 0 Å². The van der Waals surface area contributed by atoms with Gasteiger partial charge in [0.15, 0.2) is 11.7 Å². The number of aliphatic imine (C=N–C) groups is 3. The molecule has 1 aliphatic heterocycles. The largest absolute Gasteiger partial charge is 0.260 e. The molecule has 3 nitrogen and oxygen atoms in total. The fourth-order valence-electron chi connectivity index (χ4n) is 2.73. The van der Waals surface area contributed by atoms with E-state index < -0.39 is 0 Å². The molecule has 3 aromatic rings. The van der Waals surface area contributed by atoms with E-state index in [4.69, 9.17) is 15.0 Å². The molecule has 0 spiro atoms. The normalized spacial score (nSPS) is 14.1. The molecule has 0 N–H and O–H groups in total. The maximum atomic E-state index is 4.86. The summed E-state index contributed by atoms with van der Waals surface area (Å²) in [5.74, 6) is 1.39. The Morgan fingerprint density at radius 2 is 1.15 bits per heavy atom. The fourth-order valence-corrected chi connectivity index (χ4v) is 3.00. The lowest BCUT2D eigenvalue weighted by molar-refractivity contribution is 1.28. The molecule has 4 heteroatoms. The Hall–Kier alpha value is -2.85. The average molecular weight is 402 g/mol. The zero-order valence-electron chi connectivity index (χ0n) is 14.0. The van der Waals surface area contributed by atoms with Gasteiger partial charge in [-0.25, -0.2) is 9.98 Å². The van der Waals surface area contributed by atoms with E-state index in [1.54, 1.807) is 0 Å². The zero-order chi connectivity index (χ0) is 17.8. The first-order valence-corrected chi connectivity index (χ1v) is 9.16. The molecule has 0 atom stereocenters. The molecule has 0 aromatic heterocycles. The Balaban J connectivity index is 1.81. The molecule has 0 amide bonds. The number of hydrogen-bond acceptors (Lipinski definition) is 3. The molecule has 0 aliphatic carbocycles. The van der Waals surface area contributed by atoms with Gasteiger partial charge in [-0.3, -0.25) is 4.99 Å². The van der Waals surface area contributed by atoms with E-state index >= 15 is 0 Å². The molecule has 0 bridgehead atoms. The second-order valence-electron chi connectivity index (χ2n) is 5.87. The van der Waals surface area contributed by atoms with Crippen LogP contribution < -0.4 is 0 Å². The van der Waals surface area contributed by atoms with Crippen molar-refractivity contribution in [2.45, 2.75) is 0 Å². The minimum absolute atomic E-state index is 0.492. The smallest absolute Gasteiger partial charge is 0.161 e. The minimum Gasteiger partial charge on any atom is -0.260 e. The summed E-state index contributed by atoms with van der Waals surface area (Å²) in [5, 5.41) is 0. The maximum Gasteiger partial charge on any atom is 0.161 e. The third kappa shape index (κ3) is 3.70. The highest BCUT2D eigenvalue weighted by molar-refractivity contribution is 9.10. The molecule has 0 fully saturated rings. The van der Waals surface area contributed by atoms with Gasteiger partial charge in [-0.1, -0.05) is 88.7 Å². The number of hydrogen-bond donors (Lipinski definition) is 0. The zero-order valence-corrected chi connectivity index (χ0v) is 15.6. The SMILES string of the molecule is Brc1ccc(C2=NC(c3ccccc3)=NC(c3ccccc3)=NC2)cc1. The Kier molecular flexibility index (Phi) is 4.84. The van der Waals surface area contributed by atoms with Crippen LogP contribution in [0.4, 0.5) is 0 Å². The summed E-state index contributed by atoms with van der Waals surface area (Å²) in [6, 6.07) is 28.2. The van der Waals surface area contributed by atoms with Crippen molar-refractivity contribution in [3.05, 3.63) is 106 Å². The van der Waals surface area contributed by atoms with Crippen molar-refractivity contribution in [3.63, 3.8) is 0 Å². The highest BCUT2D eigenvalue weighted by Gasteiger charge is 2.14. The van der Waals surface area contributed by atoms with Gasteiger partial charge < -0.3 is 0 Å². The monoisotopic (exact) mass is 401 g/mol. The van der Waals surface area contributed by atoms with E-state index in [-0.39, 0.29) is 0 Å². The van der Waals surface area contributed by atoms with Gasteiger partial charge in [0.2, 0.25) is 0 Å². The van der Waals surface area contributed by atoms with Crippen molar-refractivity contribution in [2.24, 2.45) is 15.0 Å². The molecule has 0 unspecified atom stereocenters. The topological polar surface area (TPSA) is 37.1 Å². The van der Waals surface area contributed by atoms with Crippen LogP contribution in [0.15, 0.2) is 104 Å². The van der Waals surface area contributed by atoms with Gasteiger partial charge in [0.25, 0.3) is 0 Å². The van der Waals surface area contributed by atoms with E-state index in [9.17, 15) is 0 Å². The highest BCUT2D eigenvalue weighted by atomic mass is 79.9. The molecule has 126 valence electrons. The first-order valence-electron chi connectivity index (χ1n) is 8.37. The lowest BCUT2D eigenvalue weighted by atomic mass is 10.1. The van der Waals surface area contributed by atoms with Gasteiger partial charge >= 0.3 is 0 Å². The first kappa shape index (κ1) is 16.6. The minimum atomic E-state index is 0.492. The molecule has 1 heterocycles. The quantitative estimate of drug-likeness (QED) is 0.582. The molecule has 26 heavy (non-hydrogen) atoms. The molecular weight excluding hydrogens is 386 g/mol. The molecule has 0 radical (unpaired) electrons. The summed E-state index contributed by atoms with van der Waals surface area (Å²) >= 11 is 3.48. The second kappa shape index (κ2) is 7.58. The summed E-state index contributed by atoms with van der Waals surface area (Å²) in [5.41, 5.74) is 3.93. The molecule has 0 saturated carbocycles. The number of benzene rings is 3. The lowest BCUT2D eigenvalue weighted by Crippen LogP contribution is -2.08. The molecular formula is C22H16BrN3. The number of amidine groups is 2. The number of nitrogens with zero attached hydrogens (tertiary/aromatic N) is 3. The van der Waals surface area contributed by atoms with Gasteiger partial charge in [0, 0.05) is 15.6 Å². The van der Waals surface area contributed by atoms with Crippen LogP contribution >= 0.6 is 15.9 Å². The van der Waals surface area contributed by atoms with Crippen LogP contribution in [0.25, 0.3) is 0 Å². The predicted molar refractivity (Wildman–Crippen MR) is 112 cm³/mol. The van der Waals surface area contributed by atoms with Crippen molar-refractivity contribution in [2.75, 3.05) is 6.54 Å². The Labute approximate surface area is 161 Å². The van der Waals surface area contributed by atoms with Crippen molar-refractivity contribution in [3.8, 4) is 0 Å². The molecule has 3 aromatic carbocycles. The molecule has 0 saturated heterocycles. The van der Waals surface area contributed by atoms with Crippen LogP contribution in [0.2, 0.25) is 0 Å². The first-order chi connectivity index (χ1) is 12.8. The van der Waals surface area contributed by atoms with E-state index in [1.807, 2.05) is 72.8 Å². The second-order valence-corrected chi connectivity index (χ2v) is 6.79. The Morgan fingerprint density at radius 3 is 1.77 bits per heavy atom. The molecule has 4 rings (SSSR count). The fraction of sp³-hybridized carbons (Fsp3) is 0.0455. The van der Waals surface area contributed by atoms with Crippen molar-refractivity contribution in [1.29, 1.82) is 0 Å². The Bertz CT molecular complexity index is 989. The van der Waals surface area contributed by atoms with E-state index in [0.717, 1.165) is 26.9 Å². The summed E-state index contributed by atoms with van der Waals surface area (Å²) in [6.07, 6.45) is 0. The van der Waals surface area contributed by atoms with E-state index in [2.05, 4.69) is 28.1 Å².